The Kier molecular flexibility index (Phi) is 5.51. The van der Waals surface area contributed by atoms with Crippen LogP contribution in [-0.4, -0.2) is 35.3 Å². The summed E-state index contributed by atoms with van der Waals surface area (Å²) in [7, 11) is 1.91. The van der Waals surface area contributed by atoms with Gasteiger partial charge in [-0.05, 0) is 44.6 Å². The van der Waals surface area contributed by atoms with Gasteiger partial charge < -0.3 is 10.6 Å². The molecule has 21 heavy (non-hydrogen) atoms. The van der Waals surface area contributed by atoms with Crippen LogP contribution in [0.2, 0.25) is 0 Å². The van der Waals surface area contributed by atoms with E-state index in [-0.39, 0.29) is 11.9 Å². The Bertz CT molecular complexity index is 565. The van der Waals surface area contributed by atoms with Gasteiger partial charge >= 0.3 is 0 Å². The third-order valence-corrected chi connectivity index (χ3v) is 3.30. The van der Waals surface area contributed by atoms with Crippen molar-refractivity contribution >= 4 is 5.91 Å². The number of nitrogens with one attached hydrogen (secondary N) is 2. The number of rotatable bonds is 7. The fourth-order valence-electron chi connectivity index (χ4n) is 2.26. The second-order valence-electron chi connectivity index (χ2n) is 5.11. The zero-order chi connectivity index (χ0) is 15.1. The maximum absolute atomic E-state index is 12.4. The quantitative estimate of drug-likeness (QED) is 0.810. The minimum Gasteiger partial charge on any atom is -0.348 e. The summed E-state index contributed by atoms with van der Waals surface area (Å²) in [6.07, 6.45) is 4.47. The van der Waals surface area contributed by atoms with Crippen molar-refractivity contribution in [3.05, 3.63) is 53.9 Å². The van der Waals surface area contributed by atoms with Gasteiger partial charge in [-0.1, -0.05) is 18.2 Å². The average Bonchev–Trinajstić information content (AvgIpc) is 2.98. The number of likely N-dealkylation sites (N-methyl/N-ethyl adjacent to an activating group) is 1. The Balaban J connectivity index is 1.99. The summed E-state index contributed by atoms with van der Waals surface area (Å²) < 4.78 is 1.82. The van der Waals surface area contributed by atoms with Gasteiger partial charge in [-0.3, -0.25) is 9.48 Å². The van der Waals surface area contributed by atoms with E-state index in [4.69, 9.17) is 0 Å². The van der Waals surface area contributed by atoms with Crippen molar-refractivity contribution in [3.8, 4) is 0 Å². The molecular formula is C16H22N4O. The molecule has 0 saturated carbocycles. The Hall–Kier alpha value is -2.14. The maximum Gasteiger partial charge on any atom is 0.251 e. The summed E-state index contributed by atoms with van der Waals surface area (Å²) in [5.74, 6) is -0.0265. The number of hydrogen-bond donors (Lipinski definition) is 2. The first-order valence-electron chi connectivity index (χ1n) is 7.21. The van der Waals surface area contributed by atoms with Gasteiger partial charge in [-0.15, -0.1) is 0 Å². The Morgan fingerprint density at radius 1 is 1.33 bits per heavy atom. The van der Waals surface area contributed by atoms with Crippen LogP contribution >= 0.6 is 0 Å². The Morgan fingerprint density at radius 2 is 2.14 bits per heavy atom. The van der Waals surface area contributed by atoms with E-state index in [1.807, 2.05) is 55.2 Å². The lowest BCUT2D eigenvalue weighted by Gasteiger charge is -2.16. The van der Waals surface area contributed by atoms with Gasteiger partial charge in [0.05, 0.1) is 6.54 Å². The lowest BCUT2D eigenvalue weighted by molar-refractivity contribution is 0.0935. The molecule has 2 rings (SSSR count). The normalized spacial score (nSPS) is 12.1. The summed E-state index contributed by atoms with van der Waals surface area (Å²) in [4.78, 5) is 12.4. The van der Waals surface area contributed by atoms with Crippen molar-refractivity contribution < 1.29 is 4.79 Å². The van der Waals surface area contributed by atoms with E-state index >= 15 is 0 Å². The second kappa shape index (κ2) is 7.59. The molecule has 1 atom stereocenters. The molecule has 0 saturated heterocycles. The zero-order valence-corrected chi connectivity index (χ0v) is 12.5. The van der Waals surface area contributed by atoms with Crippen molar-refractivity contribution in [2.45, 2.75) is 25.9 Å². The highest BCUT2D eigenvalue weighted by molar-refractivity contribution is 5.95. The van der Waals surface area contributed by atoms with Gasteiger partial charge in [0.15, 0.2) is 0 Å². The predicted octanol–water partition coefficient (Wildman–Crippen LogP) is 1.46. The number of benzene rings is 1. The van der Waals surface area contributed by atoms with Crippen LogP contribution in [0, 0.1) is 0 Å². The first kappa shape index (κ1) is 15.3. The van der Waals surface area contributed by atoms with Crippen LogP contribution in [0.4, 0.5) is 0 Å². The standard InChI is InChI=1S/C16H22N4O/c1-13(12-20-11-5-9-18-20)19-16(21)15-7-4-3-6-14(15)8-10-17-2/h3-7,9,11,13,17H,8,10,12H2,1-2H3,(H,19,21). The molecular weight excluding hydrogens is 264 g/mol. The molecule has 1 heterocycles. The highest BCUT2D eigenvalue weighted by Gasteiger charge is 2.13. The van der Waals surface area contributed by atoms with E-state index in [9.17, 15) is 4.79 Å². The molecule has 5 nitrogen and oxygen atoms in total. The van der Waals surface area contributed by atoms with E-state index in [1.54, 1.807) is 6.20 Å². The van der Waals surface area contributed by atoms with Gasteiger partial charge in [0.2, 0.25) is 0 Å². The van der Waals surface area contributed by atoms with E-state index in [0.717, 1.165) is 24.1 Å². The molecule has 0 fully saturated rings. The van der Waals surface area contributed by atoms with E-state index < -0.39 is 0 Å². The minimum atomic E-state index is -0.0265. The van der Waals surface area contributed by atoms with Crippen LogP contribution in [0.25, 0.3) is 0 Å². The Morgan fingerprint density at radius 3 is 2.86 bits per heavy atom. The van der Waals surface area contributed by atoms with Gasteiger partial charge in [-0.25, -0.2) is 0 Å². The summed E-state index contributed by atoms with van der Waals surface area (Å²) >= 11 is 0. The molecule has 112 valence electrons. The third-order valence-electron chi connectivity index (χ3n) is 3.30. The average molecular weight is 286 g/mol. The molecule has 2 N–H and O–H groups in total. The molecule has 5 heteroatoms. The fraction of sp³-hybridized carbons (Fsp3) is 0.375. The first-order chi connectivity index (χ1) is 10.2. The lowest BCUT2D eigenvalue weighted by atomic mass is 10.0. The first-order valence-corrected chi connectivity index (χ1v) is 7.21. The summed E-state index contributed by atoms with van der Waals surface area (Å²) in [6.45, 7) is 3.50. The summed E-state index contributed by atoms with van der Waals surface area (Å²) in [5, 5.41) is 10.3. The third kappa shape index (κ3) is 4.43. The van der Waals surface area contributed by atoms with Crippen LogP contribution in [0.3, 0.4) is 0 Å². The molecule has 0 aliphatic carbocycles. The minimum absolute atomic E-state index is 0.0229. The highest BCUT2D eigenvalue weighted by atomic mass is 16.1. The highest BCUT2D eigenvalue weighted by Crippen LogP contribution is 2.09. The molecule has 1 aromatic heterocycles. The topological polar surface area (TPSA) is 59.0 Å². The van der Waals surface area contributed by atoms with Gasteiger partial charge in [0.25, 0.3) is 5.91 Å². The molecule has 1 aromatic carbocycles. The van der Waals surface area contributed by atoms with E-state index in [2.05, 4.69) is 15.7 Å². The van der Waals surface area contributed by atoms with Crippen molar-refractivity contribution in [3.63, 3.8) is 0 Å². The number of aromatic nitrogens is 2. The maximum atomic E-state index is 12.4. The molecule has 0 aliphatic rings. The molecule has 1 amide bonds. The predicted molar refractivity (Wildman–Crippen MR) is 83.2 cm³/mol. The van der Waals surface area contributed by atoms with Crippen molar-refractivity contribution in [2.24, 2.45) is 0 Å². The number of carbonyl (C=O) groups is 1. The SMILES string of the molecule is CNCCc1ccccc1C(=O)NC(C)Cn1cccn1. The molecule has 1 unspecified atom stereocenters. The Labute approximate surface area is 125 Å². The van der Waals surface area contributed by atoms with Crippen molar-refractivity contribution in [1.82, 2.24) is 20.4 Å². The number of hydrogen-bond acceptors (Lipinski definition) is 3. The van der Waals surface area contributed by atoms with Crippen LogP contribution in [-0.2, 0) is 13.0 Å². The molecule has 0 bridgehead atoms. The lowest BCUT2D eigenvalue weighted by Crippen LogP contribution is -2.36. The van der Waals surface area contributed by atoms with Crippen LogP contribution in [0.15, 0.2) is 42.7 Å². The smallest absolute Gasteiger partial charge is 0.251 e. The summed E-state index contributed by atoms with van der Waals surface area (Å²) in [5.41, 5.74) is 1.82. The number of carbonyl (C=O) groups excluding carboxylic acids is 1. The van der Waals surface area contributed by atoms with E-state index in [1.165, 1.54) is 0 Å². The number of nitrogens with zero attached hydrogens (tertiary/aromatic N) is 2. The monoisotopic (exact) mass is 286 g/mol. The van der Waals surface area contributed by atoms with Gasteiger partial charge in [0.1, 0.15) is 0 Å². The van der Waals surface area contributed by atoms with Crippen molar-refractivity contribution in [2.75, 3.05) is 13.6 Å². The van der Waals surface area contributed by atoms with Crippen LogP contribution in [0.1, 0.15) is 22.8 Å². The largest absolute Gasteiger partial charge is 0.348 e. The van der Waals surface area contributed by atoms with Gasteiger partial charge in [-0.2, -0.15) is 5.10 Å². The second-order valence-corrected chi connectivity index (χ2v) is 5.11. The fourth-order valence-corrected chi connectivity index (χ4v) is 2.26. The molecule has 0 spiro atoms. The van der Waals surface area contributed by atoms with Crippen LogP contribution < -0.4 is 10.6 Å². The molecule has 2 aromatic rings. The zero-order valence-electron chi connectivity index (χ0n) is 12.5. The van der Waals surface area contributed by atoms with Crippen molar-refractivity contribution in [1.29, 1.82) is 0 Å². The summed E-state index contributed by atoms with van der Waals surface area (Å²) in [6, 6.07) is 9.65. The van der Waals surface area contributed by atoms with Gasteiger partial charge in [0, 0.05) is 24.0 Å². The van der Waals surface area contributed by atoms with E-state index in [0.29, 0.717) is 6.54 Å². The molecule has 0 aliphatic heterocycles. The van der Waals surface area contributed by atoms with Crippen LogP contribution in [0.5, 0.6) is 0 Å². The number of amides is 1. The molecule has 0 radical (unpaired) electrons.